The van der Waals surface area contributed by atoms with Gasteiger partial charge in [0.25, 0.3) is 0 Å². The van der Waals surface area contributed by atoms with Crippen LogP contribution in [0, 0.1) is 5.92 Å². The molecule has 100 valence electrons. The number of ether oxygens (including phenoxy) is 1. The van der Waals surface area contributed by atoms with Crippen LogP contribution in [-0.2, 0) is 19.6 Å². The maximum atomic E-state index is 11.9. The minimum atomic E-state index is -3.56. The molecule has 0 saturated heterocycles. The summed E-state index contributed by atoms with van der Waals surface area (Å²) in [5.41, 5.74) is 0. The van der Waals surface area contributed by atoms with E-state index in [-0.39, 0.29) is 18.0 Å². The topological polar surface area (TPSA) is 72.5 Å². The average Bonchev–Trinajstić information content (AvgIpc) is 2.37. The van der Waals surface area contributed by atoms with Gasteiger partial charge >= 0.3 is 5.97 Å². The van der Waals surface area contributed by atoms with E-state index < -0.39 is 21.9 Å². The van der Waals surface area contributed by atoms with Crippen molar-refractivity contribution in [3.05, 3.63) is 30.3 Å². The van der Waals surface area contributed by atoms with Gasteiger partial charge in [0.05, 0.1) is 17.4 Å². The zero-order chi connectivity index (χ0) is 13.6. The molecule has 1 unspecified atom stereocenters. The van der Waals surface area contributed by atoms with Crippen LogP contribution in [0.1, 0.15) is 13.8 Å². The monoisotopic (exact) mass is 271 g/mol. The van der Waals surface area contributed by atoms with Crippen molar-refractivity contribution in [3.63, 3.8) is 0 Å². The fourth-order valence-electron chi connectivity index (χ4n) is 1.29. The summed E-state index contributed by atoms with van der Waals surface area (Å²) in [6.45, 7) is 3.63. The normalized spacial score (nSPS) is 13.0. The van der Waals surface area contributed by atoms with Gasteiger partial charge in [0, 0.05) is 6.54 Å². The number of carbonyl (C=O) groups is 1. The van der Waals surface area contributed by atoms with E-state index >= 15 is 0 Å². The zero-order valence-corrected chi connectivity index (χ0v) is 11.2. The van der Waals surface area contributed by atoms with Gasteiger partial charge in [-0.1, -0.05) is 25.1 Å². The minimum absolute atomic E-state index is 0.0239. The Morgan fingerprint density at radius 2 is 1.94 bits per heavy atom. The predicted molar refractivity (Wildman–Crippen MR) is 67.4 cm³/mol. The van der Waals surface area contributed by atoms with Gasteiger partial charge in [0.1, 0.15) is 0 Å². The van der Waals surface area contributed by atoms with Gasteiger partial charge in [-0.25, -0.2) is 13.1 Å². The Balaban J connectivity index is 2.61. The number of carbonyl (C=O) groups excluding carboxylic acids is 1. The van der Waals surface area contributed by atoms with E-state index in [1.165, 1.54) is 12.1 Å². The Morgan fingerprint density at radius 3 is 2.50 bits per heavy atom. The molecule has 0 aliphatic heterocycles. The average molecular weight is 271 g/mol. The van der Waals surface area contributed by atoms with E-state index in [1.54, 1.807) is 32.0 Å². The van der Waals surface area contributed by atoms with Crippen molar-refractivity contribution in [2.75, 3.05) is 13.2 Å². The van der Waals surface area contributed by atoms with Gasteiger partial charge in [-0.05, 0) is 19.1 Å². The third-order valence-corrected chi connectivity index (χ3v) is 3.76. The Morgan fingerprint density at radius 1 is 1.33 bits per heavy atom. The number of nitrogens with one attached hydrogen (secondary N) is 1. The summed E-state index contributed by atoms with van der Waals surface area (Å²) in [4.78, 5) is 11.5. The Labute approximate surface area is 107 Å². The fourth-order valence-corrected chi connectivity index (χ4v) is 2.44. The number of esters is 1. The van der Waals surface area contributed by atoms with Crippen molar-refractivity contribution in [1.29, 1.82) is 0 Å². The lowest BCUT2D eigenvalue weighted by molar-refractivity contribution is -0.147. The van der Waals surface area contributed by atoms with Crippen molar-refractivity contribution in [1.82, 2.24) is 4.72 Å². The van der Waals surface area contributed by atoms with Crippen LogP contribution in [-0.4, -0.2) is 27.5 Å². The van der Waals surface area contributed by atoms with Crippen molar-refractivity contribution in [2.24, 2.45) is 5.92 Å². The molecule has 0 aliphatic carbocycles. The molecule has 0 radical (unpaired) electrons. The molecule has 0 spiro atoms. The highest BCUT2D eigenvalue weighted by Gasteiger charge is 2.19. The van der Waals surface area contributed by atoms with Gasteiger partial charge in [-0.2, -0.15) is 0 Å². The molecule has 1 aromatic carbocycles. The van der Waals surface area contributed by atoms with Gasteiger partial charge in [0.15, 0.2) is 0 Å². The van der Waals surface area contributed by atoms with Crippen molar-refractivity contribution in [2.45, 2.75) is 18.7 Å². The van der Waals surface area contributed by atoms with Crippen LogP contribution in [0.5, 0.6) is 0 Å². The number of benzene rings is 1. The standard InChI is InChI=1S/C12H17NO4S/c1-3-17-12(14)10(2)9-13-18(15,16)11-7-5-4-6-8-11/h4-8,10,13H,3,9H2,1-2H3. The van der Waals surface area contributed by atoms with E-state index in [0.29, 0.717) is 0 Å². The van der Waals surface area contributed by atoms with Crippen LogP contribution in [0.4, 0.5) is 0 Å². The molecular weight excluding hydrogens is 254 g/mol. The lowest BCUT2D eigenvalue weighted by Crippen LogP contribution is -2.32. The summed E-state index contributed by atoms with van der Waals surface area (Å²) in [6, 6.07) is 8.02. The third-order valence-electron chi connectivity index (χ3n) is 2.32. The van der Waals surface area contributed by atoms with Crippen molar-refractivity contribution in [3.8, 4) is 0 Å². The maximum Gasteiger partial charge on any atom is 0.309 e. The molecule has 1 N–H and O–H groups in total. The summed E-state index contributed by atoms with van der Waals surface area (Å²) >= 11 is 0. The van der Waals surface area contributed by atoms with Crippen molar-refractivity contribution < 1.29 is 17.9 Å². The molecule has 0 heterocycles. The second-order valence-corrected chi connectivity index (χ2v) is 5.59. The van der Waals surface area contributed by atoms with Gasteiger partial charge in [0.2, 0.25) is 10.0 Å². The molecule has 1 rings (SSSR count). The zero-order valence-electron chi connectivity index (χ0n) is 10.4. The lowest BCUT2D eigenvalue weighted by atomic mass is 10.2. The molecule has 5 nitrogen and oxygen atoms in total. The van der Waals surface area contributed by atoms with E-state index in [9.17, 15) is 13.2 Å². The van der Waals surface area contributed by atoms with Crippen LogP contribution in [0.3, 0.4) is 0 Å². The molecule has 0 fully saturated rings. The van der Waals surface area contributed by atoms with E-state index in [4.69, 9.17) is 4.74 Å². The molecule has 6 heteroatoms. The first-order valence-electron chi connectivity index (χ1n) is 5.68. The summed E-state index contributed by atoms with van der Waals surface area (Å²) in [7, 11) is -3.56. The Bertz CT molecular complexity index is 484. The van der Waals surface area contributed by atoms with Crippen molar-refractivity contribution >= 4 is 16.0 Å². The van der Waals surface area contributed by atoms with Crippen LogP contribution >= 0.6 is 0 Å². The van der Waals surface area contributed by atoms with Crippen LogP contribution in [0.2, 0.25) is 0 Å². The molecule has 1 aromatic rings. The van der Waals surface area contributed by atoms with Crippen LogP contribution in [0.15, 0.2) is 35.2 Å². The summed E-state index contributed by atoms with van der Waals surface area (Å²) in [5.74, 6) is -0.920. The first-order valence-corrected chi connectivity index (χ1v) is 7.17. The summed E-state index contributed by atoms with van der Waals surface area (Å²) in [6.07, 6.45) is 0. The highest BCUT2D eigenvalue weighted by atomic mass is 32.2. The Hall–Kier alpha value is -1.40. The lowest BCUT2D eigenvalue weighted by Gasteiger charge is -2.11. The molecular formula is C12H17NO4S. The fraction of sp³-hybridized carbons (Fsp3) is 0.417. The molecule has 0 saturated carbocycles. The highest BCUT2D eigenvalue weighted by molar-refractivity contribution is 7.89. The van der Waals surface area contributed by atoms with Crippen LogP contribution in [0.25, 0.3) is 0 Å². The molecule has 0 bridgehead atoms. The van der Waals surface area contributed by atoms with E-state index in [2.05, 4.69) is 4.72 Å². The smallest absolute Gasteiger partial charge is 0.309 e. The third kappa shape index (κ3) is 4.12. The van der Waals surface area contributed by atoms with Gasteiger partial charge in [-0.15, -0.1) is 0 Å². The molecule has 18 heavy (non-hydrogen) atoms. The Kier molecular flexibility index (Phi) is 5.30. The quantitative estimate of drug-likeness (QED) is 0.788. The second kappa shape index (κ2) is 6.51. The number of hydrogen-bond acceptors (Lipinski definition) is 4. The first kappa shape index (κ1) is 14.7. The van der Waals surface area contributed by atoms with Gasteiger partial charge in [-0.3, -0.25) is 4.79 Å². The molecule has 0 amide bonds. The largest absolute Gasteiger partial charge is 0.466 e. The summed E-state index contributed by atoms with van der Waals surface area (Å²) < 4.78 is 30.9. The second-order valence-electron chi connectivity index (χ2n) is 3.82. The number of sulfonamides is 1. The number of rotatable bonds is 6. The predicted octanol–water partition coefficient (Wildman–Crippen LogP) is 1.16. The SMILES string of the molecule is CCOC(=O)C(C)CNS(=O)(=O)c1ccccc1. The molecule has 0 aromatic heterocycles. The van der Waals surface area contributed by atoms with E-state index in [0.717, 1.165) is 0 Å². The number of hydrogen-bond donors (Lipinski definition) is 1. The van der Waals surface area contributed by atoms with Gasteiger partial charge < -0.3 is 4.74 Å². The van der Waals surface area contributed by atoms with Crippen LogP contribution < -0.4 is 4.72 Å². The highest BCUT2D eigenvalue weighted by Crippen LogP contribution is 2.08. The van der Waals surface area contributed by atoms with E-state index in [1.807, 2.05) is 0 Å². The maximum absolute atomic E-state index is 11.9. The molecule has 1 atom stereocenters. The summed E-state index contributed by atoms with van der Waals surface area (Å²) in [5, 5.41) is 0. The minimum Gasteiger partial charge on any atom is -0.466 e. The molecule has 0 aliphatic rings. The first-order chi connectivity index (χ1) is 8.47.